The highest BCUT2D eigenvalue weighted by molar-refractivity contribution is 7.10. The summed E-state index contributed by atoms with van der Waals surface area (Å²) in [6, 6.07) is 2.15. The summed E-state index contributed by atoms with van der Waals surface area (Å²) in [5.74, 6) is 6.31. The SMILES string of the molecule is CC1(C)CCCC1C(NN)c1sccc1Cl. The lowest BCUT2D eigenvalue weighted by Gasteiger charge is -2.33. The molecule has 0 aromatic carbocycles. The van der Waals surface area contributed by atoms with Gasteiger partial charge < -0.3 is 0 Å². The van der Waals surface area contributed by atoms with Crippen molar-refractivity contribution in [2.45, 2.75) is 39.2 Å². The van der Waals surface area contributed by atoms with Crippen molar-refractivity contribution in [2.75, 3.05) is 0 Å². The summed E-state index contributed by atoms with van der Waals surface area (Å²) in [5, 5.41) is 2.87. The molecule has 0 aliphatic heterocycles. The molecular formula is C12H19ClN2S. The zero-order valence-electron chi connectivity index (χ0n) is 9.79. The zero-order chi connectivity index (χ0) is 11.8. The van der Waals surface area contributed by atoms with E-state index in [1.165, 1.54) is 24.1 Å². The number of nitrogens with one attached hydrogen (secondary N) is 1. The first-order chi connectivity index (χ1) is 7.56. The number of rotatable bonds is 3. The van der Waals surface area contributed by atoms with Gasteiger partial charge in [0.2, 0.25) is 0 Å². The summed E-state index contributed by atoms with van der Waals surface area (Å²) in [6.45, 7) is 4.66. The van der Waals surface area contributed by atoms with Crippen LogP contribution in [0.1, 0.15) is 44.0 Å². The minimum Gasteiger partial charge on any atom is -0.271 e. The minimum absolute atomic E-state index is 0.199. The molecule has 2 unspecified atom stereocenters. The van der Waals surface area contributed by atoms with Gasteiger partial charge >= 0.3 is 0 Å². The Labute approximate surface area is 106 Å². The molecule has 1 aromatic rings. The first-order valence-electron chi connectivity index (χ1n) is 5.75. The fourth-order valence-electron chi connectivity index (χ4n) is 2.87. The predicted octanol–water partition coefficient (Wildman–Crippen LogP) is 3.73. The van der Waals surface area contributed by atoms with Gasteiger partial charge in [-0.3, -0.25) is 11.3 Å². The number of hydrogen-bond donors (Lipinski definition) is 2. The average Bonchev–Trinajstić information content (AvgIpc) is 2.77. The fourth-order valence-corrected chi connectivity index (χ4v) is 4.17. The van der Waals surface area contributed by atoms with Crippen molar-refractivity contribution >= 4 is 22.9 Å². The first-order valence-corrected chi connectivity index (χ1v) is 7.01. The van der Waals surface area contributed by atoms with E-state index in [1.54, 1.807) is 11.3 Å². The molecule has 0 bridgehead atoms. The highest BCUT2D eigenvalue weighted by Crippen LogP contribution is 2.50. The summed E-state index contributed by atoms with van der Waals surface area (Å²) < 4.78 is 0. The molecule has 0 spiro atoms. The quantitative estimate of drug-likeness (QED) is 0.640. The number of hydrazine groups is 1. The Morgan fingerprint density at radius 2 is 2.38 bits per heavy atom. The largest absolute Gasteiger partial charge is 0.271 e. The van der Waals surface area contributed by atoms with Crippen molar-refractivity contribution in [3.05, 3.63) is 21.3 Å². The highest BCUT2D eigenvalue weighted by atomic mass is 35.5. The minimum atomic E-state index is 0.199. The van der Waals surface area contributed by atoms with Gasteiger partial charge in [-0.15, -0.1) is 11.3 Å². The van der Waals surface area contributed by atoms with Gasteiger partial charge in [0, 0.05) is 4.88 Å². The summed E-state index contributed by atoms with van der Waals surface area (Å²) in [4.78, 5) is 1.18. The van der Waals surface area contributed by atoms with E-state index in [1.807, 2.05) is 11.4 Å². The van der Waals surface area contributed by atoms with Gasteiger partial charge in [0.15, 0.2) is 0 Å². The molecule has 1 aromatic heterocycles. The van der Waals surface area contributed by atoms with Crippen LogP contribution in [0.15, 0.2) is 11.4 Å². The maximum Gasteiger partial charge on any atom is 0.0601 e. The van der Waals surface area contributed by atoms with Crippen LogP contribution in [-0.4, -0.2) is 0 Å². The molecule has 1 fully saturated rings. The Hall–Kier alpha value is -0.0900. The zero-order valence-corrected chi connectivity index (χ0v) is 11.4. The van der Waals surface area contributed by atoms with E-state index in [0.717, 1.165) is 5.02 Å². The molecule has 1 aliphatic rings. The van der Waals surface area contributed by atoms with Crippen molar-refractivity contribution < 1.29 is 0 Å². The van der Waals surface area contributed by atoms with E-state index >= 15 is 0 Å². The third-order valence-corrected chi connectivity index (χ3v) is 5.29. The Bertz CT molecular complexity index is 362. The summed E-state index contributed by atoms with van der Waals surface area (Å²) in [5.41, 5.74) is 3.32. The molecule has 2 nitrogen and oxygen atoms in total. The molecular weight excluding hydrogens is 240 g/mol. The molecule has 3 N–H and O–H groups in total. The second-order valence-corrected chi connectivity index (χ2v) is 6.62. The van der Waals surface area contributed by atoms with Crippen LogP contribution in [0.25, 0.3) is 0 Å². The Balaban J connectivity index is 2.27. The number of thiophene rings is 1. The second kappa shape index (κ2) is 4.65. The van der Waals surface area contributed by atoms with Crippen molar-refractivity contribution in [2.24, 2.45) is 17.2 Å². The summed E-state index contributed by atoms with van der Waals surface area (Å²) >= 11 is 7.90. The highest BCUT2D eigenvalue weighted by Gasteiger charge is 2.40. The van der Waals surface area contributed by atoms with Gasteiger partial charge in [-0.2, -0.15) is 0 Å². The maximum absolute atomic E-state index is 6.20. The Morgan fingerprint density at radius 1 is 1.62 bits per heavy atom. The molecule has 1 heterocycles. The Morgan fingerprint density at radius 3 is 2.81 bits per heavy atom. The van der Waals surface area contributed by atoms with E-state index in [4.69, 9.17) is 17.4 Å². The average molecular weight is 259 g/mol. The fraction of sp³-hybridized carbons (Fsp3) is 0.667. The van der Waals surface area contributed by atoms with Crippen molar-refractivity contribution in [3.63, 3.8) is 0 Å². The van der Waals surface area contributed by atoms with Crippen LogP contribution >= 0.6 is 22.9 Å². The van der Waals surface area contributed by atoms with Gasteiger partial charge in [-0.1, -0.05) is 31.9 Å². The first kappa shape index (κ1) is 12.4. The van der Waals surface area contributed by atoms with Crippen LogP contribution in [0, 0.1) is 11.3 Å². The topological polar surface area (TPSA) is 38.0 Å². The third-order valence-electron chi connectivity index (χ3n) is 3.85. The van der Waals surface area contributed by atoms with E-state index in [-0.39, 0.29) is 6.04 Å². The molecule has 0 saturated heterocycles. The number of halogens is 1. The van der Waals surface area contributed by atoms with Crippen molar-refractivity contribution in [1.29, 1.82) is 0 Å². The lowest BCUT2D eigenvalue weighted by Crippen LogP contribution is -2.37. The number of nitrogens with two attached hydrogens (primary N) is 1. The van der Waals surface area contributed by atoms with E-state index < -0.39 is 0 Å². The molecule has 16 heavy (non-hydrogen) atoms. The Kier molecular flexibility index (Phi) is 3.59. The van der Waals surface area contributed by atoms with Gasteiger partial charge in [0.25, 0.3) is 0 Å². The molecule has 4 heteroatoms. The van der Waals surface area contributed by atoms with Crippen LogP contribution in [0.2, 0.25) is 5.02 Å². The van der Waals surface area contributed by atoms with Crippen LogP contribution in [-0.2, 0) is 0 Å². The molecule has 0 amide bonds. The van der Waals surface area contributed by atoms with Gasteiger partial charge in [0.05, 0.1) is 11.1 Å². The maximum atomic E-state index is 6.20. The van der Waals surface area contributed by atoms with Gasteiger partial charge in [-0.05, 0) is 35.6 Å². The predicted molar refractivity (Wildman–Crippen MR) is 70.5 cm³/mol. The molecule has 1 aliphatic carbocycles. The summed E-state index contributed by atoms with van der Waals surface area (Å²) in [7, 11) is 0. The van der Waals surface area contributed by atoms with Gasteiger partial charge in [0.1, 0.15) is 0 Å². The van der Waals surface area contributed by atoms with Crippen LogP contribution in [0.4, 0.5) is 0 Å². The van der Waals surface area contributed by atoms with Crippen LogP contribution in [0.5, 0.6) is 0 Å². The number of hydrogen-bond acceptors (Lipinski definition) is 3. The third kappa shape index (κ3) is 2.14. The molecule has 2 atom stereocenters. The standard InChI is InChI=1S/C12H19ClN2S/c1-12(2)6-3-4-8(12)10(15-14)11-9(13)5-7-16-11/h5,7-8,10,15H,3-4,6,14H2,1-2H3. The lowest BCUT2D eigenvalue weighted by atomic mass is 9.77. The van der Waals surface area contributed by atoms with Crippen molar-refractivity contribution in [3.8, 4) is 0 Å². The molecule has 90 valence electrons. The van der Waals surface area contributed by atoms with E-state index in [9.17, 15) is 0 Å². The second-order valence-electron chi connectivity index (χ2n) is 5.26. The van der Waals surface area contributed by atoms with Crippen molar-refractivity contribution in [1.82, 2.24) is 5.43 Å². The van der Waals surface area contributed by atoms with Crippen LogP contribution < -0.4 is 11.3 Å². The molecule has 0 radical (unpaired) electrons. The van der Waals surface area contributed by atoms with Gasteiger partial charge in [-0.25, -0.2) is 0 Å². The normalized spacial score (nSPS) is 25.9. The smallest absolute Gasteiger partial charge is 0.0601 e. The van der Waals surface area contributed by atoms with Crippen LogP contribution in [0.3, 0.4) is 0 Å². The van der Waals surface area contributed by atoms with E-state index in [2.05, 4.69) is 19.3 Å². The molecule has 1 saturated carbocycles. The van der Waals surface area contributed by atoms with E-state index in [0.29, 0.717) is 11.3 Å². The summed E-state index contributed by atoms with van der Waals surface area (Å²) in [6.07, 6.45) is 3.80. The monoisotopic (exact) mass is 258 g/mol. The lowest BCUT2D eigenvalue weighted by molar-refractivity contribution is 0.200. The molecule has 2 rings (SSSR count).